The van der Waals surface area contributed by atoms with Crippen molar-refractivity contribution in [2.45, 2.75) is 20.0 Å². The van der Waals surface area contributed by atoms with Crippen molar-refractivity contribution in [3.63, 3.8) is 0 Å². The zero-order chi connectivity index (χ0) is 26.0. The summed E-state index contributed by atoms with van der Waals surface area (Å²) in [7, 11) is 3.15. The van der Waals surface area contributed by atoms with Crippen molar-refractivity contribution in [2.75, 3.05) is 27.4 Å². The molecule has 3 aromatic carbocycles. The Kier molecular flexibility index (Phi) is 8.70. The predicted molar refractivity (Wildman–Crippen MR) is 146 cm³/mol. The van der Waals surface area contributed by atoms with Crippen LogP contribution in [0.5, 0.6) is 23.0 Å². The van der Waals surface area contributed by atoms with Crippen LogP contribution in [0.3, 0.4) is 0 Å². The summed E-state index contributed by atoms with van der Waals surface area (Å²) in [5, 5.41) is 4.12. The summed E-state index contributed by atoms with van der Waals surface area (Å²) in [6, 6.07) is 19.5. The lowest BCUT2D eigenvalue weighted by Crippen LogP contribution is -2.23. The van der Waals surface area contributed by atoms with Crippen LogP contribution in [-0.2, 0) is 17.8 Å². The average molecular weight is 501 g/mol. The van der Waals surface area contributed by atoms with Crippen LogP contribution < -0.4 is 24.3 Å². The molecule has 2 N–H and O–H groups in total. The van der Waals surface area contributed by atoms with E-state index in [2.05, 4.69) is 16.4 Å². The molecule has 1 heterocycles. The van der Waals surface area contributed by atoms with Gasteiger partial charge in [0.1, 0.15) is 12.4 Å². The molecule has 7 heteroatoms. The van der Waals surface area contributed by atoms with Gasteiger partial charge in [-0.1, -0.05) is 30.3 Å². The average Bonchev–Trinajstić information content (AvgIpc) is 3.34. The normalized spacial score (nSPS) is 11.0. The molecule has 0 spiro atoms. The van der Waals surface area contributed by atoms with E-state index in [0.29, 0.717) is 37.0 Å². The third-order valence-electron chi connectivity index (χ3n) is 5.90. The van der Waals surface area contributed by atoms with E-state index in [0.717, 1.165) is 28.8 Å². The summed E-state index contributed by atoms with van der Waals surface area (Å²) in [6.07, 6.45) is 5.96. The maximum absolute atomic E-state index is 12.4. The first kappa shape index (κ1) is 25.7. The van der Waals surface area contributed by atoms with Crippen molar-refractivity contribution >= 4 is 22.9 Å². The number of amides is 1. The largest absolute Gasteiger partial charge is 0.494 e. The first-order chi connectivity index (χ1) is 18.1. The van der Waals surface area contributed by atoms with Crippen molar-refractivity contribution in [3.05, 3.63) is 89.6 Å². The van der Waals surface area contributed by atoms with Crippen molar-refractivity contribution in [1.29, 1.82) is 0 Å². The van der Waals surface area contributed by atoms with Crippen molar-refractivity contribution in [2.24, 2.45) is 0 Å². The maximum Gasteiger partial charge on any atom is 0.244 e. The number of fused-ring (bicyclic) bond motifs is 1. The van der Waals surface area contributed by atoms with Crippen LogP contribution >= 0.6 is 0 Å². The van der Waals surface area contributed by atoms with Gasteiger partial charge < -0.3 is 29.2 Å². The predicted octanol–water partition coefficient (Wildman–Crippen LogP) is 5.53. The van der Waals surface area contributed by atoms with Gasteiger partial charge in [-0.25, -0.2) is 0 Å². The molecule has 4 rings (SSSR count). The van der Waals surface area contributed by atoms with E-state index in [4.69, 9.17) is 18.9 Å². The van der Waals surface area contributed by atoms with Crippen LogP contribution in [0, 0.1) is 0 Å². The molecule has 7 nitrogen and oxygen atoms in total. The number of methoxy groups -OCH3 is 2. The minimum Gasteiger partial charge on any atom is -0.494 e. The lowest BCUT2D eigenvalue weighted by molar-refractivity contribution is -0.116. The number of carbonyl (C=O) groups is 1. The SMILES string of the molecule is CCOc1ccc(COc2c(OC)cc(/C=C/C(=O)NCCc3c[nH]c4ccccc34)cc2OC)cc1. The Labute approximate surface area is 217 Å². The highest BCUT2D eigenvalue weighted by Gasteiger charge is 2.14. The molecule has 0 aliphatic rings. The molecule has 0 saturated carbocycles. The minimum absolute atomic E-state index is 0.173. The summed E-state index contributed by atoms with van der Waals surface area (Å²) in [5.41, 5.74) is 4.02. The van der Waals surface area contributed by atoms with E-state index >= 15 is 0 Å². The molecule has 0 atom stereocenters. The molecule has 0 unspecified atom stereocenters. The second-order valence-corrected chi connectivity index (χ2v) is 8.35. The zero-order valence-electron chi connectivity index (χ0n) is 21.4. The van der Waals surface area contributed by atoms with Crippen LogP contribution in [0.15, 0.2) is 72.9 Å². The van der Waals surface area contributed by atoms with Crippen LogP contribution in [-0.4, -0.2) is 38.3 Å². The lowest BCUT2D eigenvalue weighted by atomic mass is 10.1. The highest BCUT2D eigenvalue weighted by Crippen LogP contribution is 2.39. The molecule has 0 radical (unpaired) electrons. The fourth-order valence-electron chi connectivity index (χ4n) is 4.03. The van der Waals surface area contributed by atoms with Crippen molar-refractivity contribution in [3.8, 4) is 23.0 Å². The number of para-hydroxylation sites is 1. The molecule has 1 amide bonds. The molecule has 0 aliphatic carbocycles. The third kappa shape index (κ3) is 6.64. The summed E-state index contributed by atoms with van der Waals surface area (Å²) >= 11 is 0. The Morgan fingerprint density at radius 1 is 0.973 bits per heavy atom. The number of hydrogen-bond donors (Lipinski definition) is 2. The van der Waals surface area contributed by atoms with E-state index in [1.807, 2.05) is 67.7 Å². The molecular formula is C30H32N2O5. The first-order valence-corrected chi connectivity index (χ1v) is 12.2. The maximum atomic E-state index is 12.4. The van der Waals surface area contributed by atoms with Gasteiger partial charge in [0.05, 0.1) is 20.8 Å². The van der Waals surface area contributed by atoms with Gasteiger partial charge in [0, 0.05) is 29.7 Å². The van der Waals surface area contributed by atoms with Gasteiger partial charge in [-0.2, -0.15) is 0 Å². The Bertz CT molecular complexity index is 1330. The van der Waals surface area contributed by atoms with E-state index < -0.39 is 0 Å². The number of benzene rings is 3. The Balaban J connectivity index is 1.36. The molecule has 1 aromatic heterocycles. The van der Waals surface area contributed by atoms with E-state index in [-0.39, 0.29) is 5.91 Å². The second kappa shape index (κ2) is 12.5. The monoisotopic (exact) mass is 500 g/mol. The molecule has 37 heavy (non-hydrogen) atoms. The van der Waals surface area contributed by atoms with Gasteiger partial charge in [0.25, 0.3) is 0 Å². The van der Waals surface area contributed by atoms with Gasteiger partial charge in [-0.05, 0) is 66.4 Å². The van der Waals surface area contributed by atoms with Crippen LogP contribution in [0.4, 0.5) is 0 Å². The zero-order valence-corrected chi connectivity index (χ0v) is 21.4. The summed E-state index contributed by atoms with van der Waals surface area (Å²) in [4.78, 5) is 15.7. The van der Waals surface area contributed by atoms with Gasteiger partial charge >= 0.3 is 0 Å². The topological polar surface area (TPSA) is 81.8 Å². The summed E-state index contributed by atoms with van der Waals surface area (Å²) < 4.78 is 22.6. The number of rotatable bonds is 12. The highest BCUT2D eigenvalue weighted by atomic mass is 16.5. The lowest BCUT2D eigenvalue weighted by Gasteiger charge is -2.15. The molecule has 192 valence electrons. The summed E-state index contributed by atoms with van der Waals surface area (Å²) in [6.45, 7) is 3.45. The third-order valence-corrected chi connectivity index (χ3v) is 5.90. The Morgan fingerprint density at radius 3 is 2.41 bits per heavy atom. The molecule has 0 fully saturated rings. The first-order valence-electron chi connectivity index (χ1n) is 12.2. The molecular weight excluding hydrogens is 468 g/mol. The number of aromatic amines is 1. The fraction of sp³-hybridized carbons (Fsp3) is 0.233. The second-order valence-electron chi connectivity index (χ2n) is 8.35. The fourth-order valence-corrected chi connectivity index (χ4v) is 4.03. The van der Waals surface area contributed by atoms with Crippen LogP contribution in [0.2, 0.25) is 0 Å². The van der Waals surface area contributed by atoms with Crippen molar-refractivity contribution < 1.29 is 23.7 Å². The number of hydrogen-bond acceptors (Lipinski definition) is 5. The molecule has 0 bridgehead atoms. The Hall–Kier alpha value is -4.39. The van der Waals surface area contributed by atoms with E-state index in [1.165, 1.54) is 17.0 Å². The van der Waals surface area contributed by atoms with Gasteiger partial charge in [0.2, 0.25) is 11.7 Å². The molecule has 0 saturated heterocycles. The quantitative estimate of drug-likeness (QED) is 0.250. The van der Waals surface area contributed by atoms with E-state index in [1.54, 1.807) is 20.3 Å². The van der Waals surface area contributed by atoms with Gasteiger partial charge in [-0.15, -0.1) is 0 Å². The van der Waals surface area contributed by atoms with Gasteiger partial charge in [0.15, 0.2) is 11.5 Å². The highest BCUT2D eigenvalue weighted by molar-refractivity contribution is 5.92. The number of carbonyl (C=O) groups excluding carboxylic acids is 1. The smallest absolute Gasteiger partial charge is 0.244 e. The van der Waals surface area contributed by atoms with Crippen molar-refractivity contribution in [1.82, 2.24) is 10.3 Å². The molecule has 4 aromatic rings. The standard InChI is InChI=1S/C30H32N2O5/c1-4-36-24-12-9-21(10-13-24)20-37-30-27(34-2)17-22(18-28(30)35-3)11-14-29(33)31-16-15-23-19-32-26-8-6-5-7-25(23)26/h5-14,17-19,32H,4,15-16,20H2,1-3H3,(H,31,33)/b14-11+. The molecule has 0 aliphatic heterocycles. The van der Waals surface area contributed by atoms with Gasteiger partial charge in [-0.3, -0.25) is 4.79 Å². The van der Waals surface area contributed by atoms with E-state index in [9.17, 15) is 4.79 Å². The number of H-pyrrole nitrogens is 1. The minimum atomic E-state index is -0.173. The number of nitrogens with one attached hydrogen (secondary N) is 2. The summed E-state index contributed by atoms with van der Waals surface area (Å²) in [5.74, 6) is 2.18. The van der Waals surface area contributed by atoms with Crippen LogP contribution in [0.1, 0.15) is 23.6 Å². The number of aromatic nitrogens is 1. The Morgan fingerprint density at radius 2 is 1.70 bits per heavy atom. The van der Waals surface area contributed by atoms with Crippen LogP contribution in [0.25, 0.3) is 17.0 Å². The number of ether oxygens (including phenoxy) is 4.